The number of piperidine rings is 1. The molecule has 2 saturated heterocycles. The summed E-state index contributed by atoms with van der Waals surface area (Å²) in [6.45, 7) is 8.64. The van der Waals surface area contributed by atoms with Crippen LogP contribution in [0.2, 0.25) is 5.02 Å². The van der Waals surface area contributed by atoms with Crippen molar-refractivity contribution in [1.82, 2.24) is 14.9 Å². The van der Waals surface area contributed by atoms with Crippen molar-refractivity contribution >= 4 is 39.7 Å². The number of hydrogen-bond donors (Lipinski definition) is 0. The van der Waals surface area contributed by atoms with E-state index in [1.165, 1.54) is 18.1 Å². The molecule has 3 fully saturated rings. The fraction of sp³-hybridized carbons (Fsp3) is 0.469. The first-order valence-corrected chi connectivity index (χ1v) is 14.9. The van der Waals surface area contributed by atoms with Crippen LogP contribution in [0.3, 0.4) is 0 Å². The number of likely N-dealkylation sites (tertiary alicyclic amines) is 1. The lowest BCUT2D eigenvalue weighted by molar-refractivity contribution is -0.120. The van der Waals surface area contributed by atoms with Crippen LogP contribution >= 0.6 is 11.6 Å². The van der Waals surface area contributed by atoms with Gasteiger partial charge in [0.15, 0.2) is 5.78 Å². The van der Waals surface area contributed by atoms with Gasteiger partial charge in [-0.3, -0.25) is 4.79 Å². The van der Waals surface area contributed by atoms with E-state index in [1.54, 1.807) is 0 Å². The number of nitrogens with zero attached hydrogens (tertiary/aromatic N) is 5. The van der Waals surface area contributed by atoms with Crippen LogP contribution in [-0.4, -0.2) is 66.5 Å². The highest BCUT2D eigenvalue weighted by Gasteiger charge is 2.60. The molecule has 7 rings (SSSR count). The molecule has 1 aliphatic carbocycles. The molecular formula is C32H36ClN5O2. The summed E-state index contributed by atoms with van der Waals surface area (Å²) in [6.07, 6.45) is 6.50. The average Bonchev–Trinajstić information content (AvgIpc) is 3.59. The van der Waals surface area contributed by atoms with Crippen LogP contribution in [0.15, 0.2) is 49.1 Å². The summed E-state index contributed by atoms with van der Waals surface area (Å²) in [5.74, 6) is 1.56. The zero-order chi connectivity index (χ0) is 27.4. The Hall–Kier alpha value is -3.16. The molecule has 0 radical (unpaired) electrons. The highest BCUT2D eigenvalue weighted by Crippen LogP contribution is 2.59. The van der Waals surface area contributed by atoms with E-state index < -0.39 is 0 Å². The minimum atomic E-state index is -0.192. The fourth-order valence-electron chi connectivity index (χ4n) is 7.26. The van der Waals surface area contributed by atoms with Gasteiger partial charge in [0.1, 0.15) is 12.4 Å². The van der Waals surface area contributed by atoms with Crippen LogP contribution in [0.5, 0.6) is 6.01 Å². The number of aromatic nitrogens is 2. The third-order valence-electron chi connectivity index (χ3n) is 9.75. The van der Waals surface area contributed by atoms with E-state index in [-0.39, 0.29) is 11.2 Å². The molecular weight excluding hydrogens is 522 g/mol. The third-order valence-corrected chi connectivity index (χ3v) is 10.1. The second-order valence-corrected chi connectivity index (χ2v) is 12.4. The number of fused-ring (bicyclic) bond motifs is 3. The average molecular weight is 558 g/mol. The van der Waals surface area contributed by atoms with Crippen molar-refractivity contribution in [3.8, 4) is 6.01 Å². The SMILES string of the molecule is C=CC(=O)[C@]12CCN(c3nc(OC[C@@H]4CCCN4C)nc4c3CCN(c3cccc5cccc(Cl)c35)C4)C[C@H]1C2. The summed E-state index contributed by atoms with van der Waals surface area (Å²) in [5.41, 5.74) is 3.16. The number of likely N-dealkylation sites (N-methyl/N-ethyl adjacent to an activating group) is 1. The summed E-state index contributed by atoms with van der Waals surface area (Å²) in [4.78, 5) is 29.7. The molecule has 0 spiro atoms. The monoisotopic (exact) mass is 557 g/mol. The molecule has 0 N–H and O–H groups in total. The zero-order valence-corrected chi connectivity index (χ0v) is 23.9. The van der Waals surface area contributed by atoms with Crippen molar-refractivity contribution in [3.05, 3.63) is 65.3 Å². The maximum atomic E-state index is 12.6. The molecule has 208 valence electrons. The highest BCUT2D eigenvalue weighted by atomic mass is 35.5. The first-order valence-electron chi connectivity index (χ1n) is 14.5. The molecule has 3 aliphatic heterocycles. The molecule has 40 heavy (non-hydrogen) atoms. The summed E-state index contributed by atoms with van der Waals surface area (Å²) < 4.78 is 6.30. The lowest BCUT2D eigenvalue weighted by Crippen LogP contribution is -2.40. The van der Waals surface area contributed by atoms with Gasteiger partial charge >= 0.3 is 6.01 Å². The molecule has 4 aliphatic rings. The van der Waals surface area contributed by atoms with E-state index in [4.69, 9.17) is 26.3 Å². The first kappa shape index (κ1) is 25.8. The van der Waals surface area contributed by atoms with Crippen molar-refractivity contribution in [2.24, 2.45) is 11.3 Å². The van der Waals surface area contributed by atoms with Gasteiger partial charge in [-0.2, -0.15) is 9.97 Å². The molecule has 3 atom stereocenters. The van der Waals surface area contributed by atoms with Crippen LogP contribution in [0.1, 0.15) is 36.9 Å². The Morgan fingerprint density at radius 1 is 1.18 bits per heavy atom. The number of rotatable bonds is 7. The Bertz CT molecular complexity index is 1490. The second kappa shape index (κ2) is 10.0. The van der Waals surface area contributed by atoms with Gasteiger partial charge in [-0.1, -0.05) is 42.4 Å². The standard InChI is InChI=1S/C32H36ClN5O2/c1-3-28(39)32-13-16-38(18-22(32)17-32)30-24-12-15-37(27-11-5-8-21-7-4-10-25(33)29(21)27)19-26(24)34-31(35-30)40-20-23-9-6-14-36(23)2/h3-5,7-8,10-11,22-23H,1,6,9,12-20H2,2H3/t22-,23+,32+/m1/s1. The van der Waals surface area contributed by atoms with Gasteiger partial charge in [-0.25, -0.2) is 0 Å². The number of hydrogen-bond acceptors (Lipinski definition) is 7. The van der Waals surface area contributed by atoms with Crippen LogP contribution < -0.4 is 14.5 Å². The summed E-state index contributed by atoms with van der Waals surface area (Å²) in [6, 6.07) is 13.3. The van der Waals surface area contributed by atoms with Crippen molar-refractivity contribution in [3.63, 3.8) is 0 Å². The molecule has 3 aromatic rings. The number of ketones is 1. The molecule has 7 nitrogen and oxygen atoms in total. The summed E-state index contributed by atoms with van der Waals surface area (Å²) >= 11 is 6.70. The molecule has 0 bridgehead atoms. The topological polar surface area (TPSA) is 61.8 Å². The van der Waals surface area contributed by atoms with Gasteiger partial charge in [-0.15, -0.1) is 0 Å². The lowest BCUT2D eigenvalue weighted by atomic mass is 9.90. The summed E-state index contributed by atoms with van der Waals surface area (Å²) in [7, 11) is 2.16. The zero-order valence-electron chi connectivity index (χ0n) is 23.1. The molecule has 1 saturated carbocycles. The van der Waals surface area contributed by atoms with Crippen LogP contribution in [0.4, 0.5) is 11.5 Å². The second-order valence-electron chi connectivity index (χ2n) is 12.0. The smallest absolute Gasteiger partial charge is 0.318 e. The van der Waals surface area contributed by atoms with E-state index in [2.05, 4.69) is 52.6 Å². The van der Waals surface area contributed by atoms with Gasteiger partial charge in [0.05, 0.1) is 17.3 Å². The quantitative estimate of drug-likeness (QED) is 0.366. The number of carbonyl (C=O) groups is 1. The molecule has 8 heteroatoms. The van der Waals surface area contributed by atoms with Crippen molar-refractivity contribution < 1.29 is 9.53 Å². The minimum absolute atomic E-state index is 0.192. The Balaban J connectivity index is 1.21. The van der Waals surface area contributed by atoms with E-state index in [1.807, 2.05) is 12.1 Å². The number of benzene rings is 2. The number of halogens is 1. The Morgan fingerprint density at radius 2 is 2.02 bits per heavy atom. The van der Waals surface area contributed by atoms with Crippen LogP contribution in [-0.2, 0) is 17.8 Å². The number of ether oxygens (including phenoxy) is 1. The summed E-state index contributed by atoms with van der Waals surface area (Å²) in [5, 5.41) is 2.99. The highest BCUT2D eigenvalue weighted by molar-refractivity contribution is 6.36. The third kappa shape index (κ3) is 4.34. The normalized spacial score (nSPS) is 25.9. The van der Waals surface area contributed by atoms with Crippen LogP contribution in [0, 0.1) is 11.3 Å². The van der Waals surface area contributed by atoms with Gasteiger partial charge in [0, 0.05) is 47.7 Å². The fourth-order valence-corrected chi connectivity index (χ4v) is 7.54. The van der Waals surface area contributed by atoms with Gasteiger partial charge < -0.3 is 19.4 Å². The molecule has 2 aromatic carbocycles. The van der Waals surface area contributed by atoms with E-state index >= 15 is 0 Å². The number of allylic oxidation sites excluding steroid dienone is 1. The predicted octanol–water partition coefficient (Wildman–Crippen LogP) is 5.29. The predicted molar refractivity (Wildman–Crippen MR) is 159 cm³/mol. The van der Waals surface area contributed by atoms with Gasteiger partial charge in [0.2, 0.25) is 0 Å². The molecule has 1 aromatic heterocycles. The molecule has 0 unspecified atom stereocenters. The Kier molecular flexibility index (Phi) is 6.47. The largest absolute Gasteiger partial charge is 0.462 e. The van der Waals surface area contributed by atoms with Crippen molar-refractivity contribution in [1.29, 1.82) is 0 Å². The first-order chi connectivity index (χ1) is 19.5. The number of carbonyl (C=O) groups excluding carboxylic acids is 1. The van der Waals surface area contributed by atoms with E-state index in [0.29, 0.717) is 31.1 Å². The van der Waals surface area contributed by atoms with Gasteiger partial charge in [0.25, 0.3) is 0 Å². The minimum Gasteiger partial charge on any atom is -0.462 e. The van der Waals surface area contributed by atoms with E-state index in [0.717, 1.165) is 84.9 Å². The number of anilines is 2. The molecule has 4 heterocycles. The lowest BCUT2D eigenvalue weighted by Gasteiger charge is -2.36. The maximum Gasteiger partial charge on any atom is 0.318 e. The molecule has 0 amide bonds. The Labute approximate surface area is 240 Å². The van der Waals surface area contributed by atoms with Crippen molar-refractivity contribution in [2.45, 2.75) is 44.7 Å². The van der Waals surface area contributed by atoms with Crippen molar-refractivity contribution in [2.75, 3.05) is 49.6 Å². The Morgan fingerprint density at radius 3 is 2.80 bits per heavy atom. The maximum absolute atomic E-state index is 12.6. The van der Waals surface area contributed by atoms with Crippen LogP contribution in [0.25, 0.3) is 10.8 Å². The van der Waals surface area contributed by atoms with Gasteiger partial charge in [-0.05, 0) is 75.2 Å². The van der Waals surface area contributed by atoms with E-state index in [9.17, 15) is 4.79 Å².